The van der Waals surface area contributed by atoms with Crippen LogP contribution in [-0.2, 0) is 24.7 Å². The molecule has 0 unspecified atom stereocenters. The Kier molecular flexibility index (Phi) is 11.4. The average molecular weight is 741 g/mol. The molecule has 1 fully saturated rings. The van der Waals surface area contributed by atoms with Crippen LogP contribution in [0.5, 0.6) is 6.01 Å². The number of rotatable bonds is 13. The number of benzene rings is 3. The minimum absolute atomic E-state index is 0.0355. The molecular formula is C34H32ClF3N8O6. The van der Waals surface area contributed by atoms with E-state index in [2.05, 4.69) is 41.5 Å². The molecule has 1 atom stereocenters. The summed E-state index contributed by atoms with van der Waals surface area (Å²) in [4.78, 5) is 62.4. The molecule has 1 saturated carbocycles. The molecule has 1 heterocycles. The molecular weight excluding hydrogens is 709 g/mol. The minimum atomic E-state index is -4.64. The summed E-state index contributed by atoms with van der Waals surface area (Å²) in [5.74, 6) is -3.79. The van der Waals surface area contributed by atoms with Crippen LogP contribution in [0.25, 0.3) is 0 Å². The quantitative estimate of drug-likeness (QED) is 0.0950. The van der Waals surface area contributed by atoms with Gasteiger partial charge in [0, 0.05) is 28.5 Å². The second kappa shape index (κ2) is 15.9. The monoisotopic (exact) mass is 740 g/mol. The van der Waals surface area contributed by atoms with Gasteiger partial charge in [-0.3, -0.25) is 14.4 Å². The first-order valence-corrected chi connectivity index (χ1v) is 16.0. The summed E-state index contributed by atoms with van der Waals surface area (Å²) in [5, 5.41) is 13.8. The van der Waals surface area contributed by atoms with Crippen molar-refractivity contribution >= 4 is 58.6 Å². The third kappa shape index (κ3) is 10.3. The second-order valence-electron chi connectivity index (χ2n) is 11.7. The molecule has 0 bridgehead atoms. The van der Waals surface area contributed by atoms with Gasteiger partial charge in [0.1, 0.15) is 6.04 Å². The number of methoxy groups -OCH3 is 1. The van der Waals surface area contributed by atoms with Gasteiger partial charge in [-0.2, -0.15) is 28.1 Å². The van der Waals surface area contributed by atoms with Crippen LogP contribution < -0.4 is 31.3 Å². The standard InChI is InChI=1S/C34H32ClF3N8O6/c1-19-3-11-23(12-4-19)40-28(49)27(48)39-17-25(29(50)51-2)42-26(47)20-5-13-24(14-6-20)41-30-43-31(45-32(44-30)52-18-34(36,37)38)46-33(15-16-33)21-7-9-22(35)10-8-21/h3-14,25H,15-18H2,1-2H3,(H,39,48)(H,40,49)(H,42,47)(H2,41,43,44,45,46)/t25-/m0/s1. The van der Waals surface area contributed by atoms with E-state index in [0.29, 0.717) is 29.2 Å². The lowest BCUT2D eigenvalue weighted by atomic mass is 10.1. The number of ether oxygens (including phenoxy) is 2. The van der Waals surface area contributed by atoms with Crippen molar-refractivity contribution in [1.82, 2.24) is 25.6 Å². The average Bonchev–Trinajstić information content (AvgIpc) is 3.90. The van der Waals surface area contributed by atoms with Crippen molar-refractivity contribution in [2.45, 2.75) is 37.5 Å². The molecule has 14 nitrogen and oxygen atoms in total. The number of aryl methyl sites for hydroxylation is 1. The number of nitrogens with one attached hydrogen (secondary N) is 5. The van der Waals surface area contributed by atoms with Crippen molar-refractivity contribution in [3.8, 4) is 6.01 Å². The summed E-state index contributed by atoms with van der Waals surface area (Å²) < 4.78 is 48.4. The number of esters is 1. The van der Waals surface area contributed by atoms with Crippen LogP contribution in [0.15, 0.2) is 72.8 Å². The van der Waals surface area contributed by atoms with Crippen molar-refractivity contribution < 1.29 is 41.8 Å². The maximum Gasteiger partial charge on any atom is 0.422 e. The van der Waals surface area contributed by atoms with Crippen molar-refractivity contribution in [3.05, 3.63) is 94.5 Å². The third-order valence-corrected chi connectivity index (χ3v) is 7.91. The fourth-order valence-corrected chi connectivity index (χ4v) is 4.91. The molecule has 18 heteroatoms. The van der Waals surface area contributed by atoms with Crippen LogP contribution >= 0.6 is 11.6 Å². The SMILES string of the molecule is COC(=O)[C@H](CNC(=O)C(=O)Nc1ccc(C)cc1)NC(=O)c1ccc(Nc2nc(NC3(c4ccc(Cl)cc4)CC3)nc(OCC(F)(F)F)n2)cc1. The molecule has 0 radical (unpaired) electrons. The maximum absolute atomic E-state index is 13.0. The highest BCUT2D eigenvalue weighted by atomic mass is 35.5. The Hall–Kier alpha value is -5.97. The lowest BCUT2D eigenvalue weighted by molar-refractivity contribution is -0.154. The molecule has 0 saturated heterocycles. The Morgan fingerprint density at radius 2 is 1.50 bits per heavy atom. The molecule has 4 aromatic rings. The highest BCUT2D eigenvalue weighted by molar-refractivity contribution is 6.39. The van der Waals surface area contributed by atoms with E-state index in [9.17, 15) is 32.3 Å². The van der Waals surface area contributed by atoms with Gasteiger partial charge in [-0.1, -0.05) is 41.4 Å². The molecule has 1 aromatic heterocycles. The van der Waals surface area contributed by atoms with E-state index in [1.54, 1.807) is 36.4 Å². The summed E-state index contributed by atoms with van der Waals surface area (Å²) in [7, 11) is 1.09. The molecule has 0 aliphatic heterocycles. The molecule has 5 N–H and O–H groups in total. The normalized spacial score (nSPS) is 13.6. The molecule has 52 heavy (non-hydrogen) atoms. The summed E-state index contributed by atoms with van der Waals surface area (Å²) in [6, 6.07) is 17.6. The van der Waals surface area contributed by atoms with E-state index in [1.165, 1.54) is 24.3 Å². The molecule has 3 aromatic carbocycles. The van der Waals surface area contributed by atoms with Crippen molar-refractivity contribution in [2.24, 2.45) is 0 Å². The number of carbonyl (C=O) groups is 4. The van der Waals surface area contributed by atoms with E-state index < -0.39 is 60.6 Å². The Morgan fingerprint density at radius 3 is 2.12 bits per heavy atom. The Labute approximate surface area is 299 Å². The first-order chi connectivity index (χ1) is 24.7. The van der Waals surface area contributed by atoms with Crippen LogP contribution in [-0.4, -0.2) is 71.1 Å². The van der Waals surface area contributed by atoms with E-state index in [0.717, 1.165) is 18.2 Å². The molecule has 1 aliphatic rings. The van der Waals surface area contributed by atoms with Crippen molar-refractivity contribution in [1.29, 1.82) is 0 Å². The number of hydrogen-bond acceptors (Lipinski definition) is 11. The predicted octanol–water partition coefficient (Wildman–Crippen LogP) is 4.65. The number of hydrogen-bond donors (Lipinski definition) is 5. The number of halogens is 4. The van der Waals surface area contributed by atoms with Crippen molar-refractivity contribution in [2.75, 3.05) is 36.2 Å². The first kappa shape index (κ1) is 37.3. The van der Waals surface area contributed by atoms with Gasteiger partial charge in [0.05, 0.1) is 12.6 Å². The van der Waals surface area contributed by atoms with E-state index in [-0.39, 0.29) is 17.5 Å². The Morgan fingerprint density at radius 1 is 0.865 bits per heavy atom. The van der Waals surface area contributed by atoms with Gasteiger partial charge in [0.25, 0.3) is 5.91 Å². The fourth-order valence-electron chi connectivity index (χ4n) is 4.78. The van der Waals surface area contributed by atoms with Gasteiger partial charge >= 0.3 is 30.0 Å². The van der Waals surface area contributed by atoms with Crippen LogP contribution in [0.1, 0.15) is 34.3 Å². The summed E-state index contributed by atoms with van der Waals surface area (Å²) >= 11 is 6.02. The zero-order valence-corrected chi connectivity index (χ0v) is 28.4. The van der Waals surface area contributed by atoms with Gasteiger partial charge in [-0.15, -0.1) is 0 Å². The number of aromatic nitrogens is 3. The van der Waals surface area contributed by atoms with Gasteiger partial charge in [0.2, 0.25) is 11.9 Å². The zero-order valence-electron chi connectivity index (χ0n) is 27.6. The number of amides is 3. The predicted molar refractivity (Wildman–Crippen MR) is 183 cm³/mol. The zero-order chi connectivity index (χ0) is 37.5. The highest BCUT2D eigenvalue weighted by Gasteiger charge is 2.45. The van der Waals surface area contributed by atoms with Crippen LogP contribution in [0, 0.1) is 6.92 Å². The molecule has 3 amide bonds. The first-order valence-electron chi connectivity index (χ1n) is 15.6. The molecule has 272 valence electrons. The van der Waals surface area contributed by atoms with E-state index in [4.69, 9.17) is 21.1 Å². The van der Waals surface area contributed by atoms with Gasteiger partial charge in [-0.05, 0) is 73.9 Å². The minimum Gasteiger partial charge on any atom is -0.467 e. The summed E-state index contributed by atoms with van der Waals surface area (Å²) in [6.07, 6.45) is -3.23. The van der Waals surface area contributed by atoms with Crippen LogP contribution in [0.4, 0.5) is 36.4 Å². The van der Waals surface area contributed by atoms with Gasteiger partial charge in [-0.25, -0.2) is 4.79 Å². The molecule has 5 rings (SSSR count). The van der Waals surface area contributed by atoms with Crippen molar-refractivity contribution in [3.63, 3.8) is 0 Å². The number of alkyl halides is 3. The number of anilines is 4. The molecule has 1 aliphatic carbocycles. The number of carbonyl (C=O) groups excluding carboxylic acids is 4. The summed E-state index contributed by atoms with van der Waals surface area (Å²) in [5.41, 5.74) is 2.11. The van der Waals surface area contributed by atoms with Gasteiger partial charge in [0.15, 0.2) is 6.61 Å². The number of nitrogens with zero attached hydrogens (tertiary/aromatic N) is 3. The van der Waals surface area contributed by atoms with Crippen LogP contribution in [0.3, 0.4) is 0 Å². The second-order valence-corrected chi connectivity index (χ2v) is 12.1. The maximum atomic E-state index is 13.0. The van der Waals surface area contributed by atoms with Crippen LogP contribution in [0.2, 0.25) is 5.02 Å². The lowest BCUT2D eigenvalue weighted by Crippen LogP contribution is -2.50. The topological polar surface area (TPSA) is 186 Å². The summed E-state index contributed by atoms with van der Waals surface area (Å²) in [6.45, 7) is -0.215. The van der Waals surface area contributed by atoms with E-state index in [1.807, 2.05) is 19.1 Å². The third-order valence-electron chi connectivity index (χ3n) is 7.65. The van der Waals surface area contributed by atoms with Gasteiger partial charge < -0.3 is 36.1 Å². The highest BCUT2D eigenvalue weighted by Crippen LogP contribution is 2.48. The largest absolute Gasteiger partial charge is 0.467 e. The fraction of sp³-hybridized carbons (Fsp3) is 0.265. The Bertz CT molecular complexity index is 1930. The lowest BCUT2D eigenvalue weighted by Gasteiger charge is -2.19. The Balaban J connectivity index is 1.23. The smallest absolute Gasteiger partial charge is 0.422 e. The molecule has 0 spiro atoms. The van der Waals surface area contributed by atoms with E-state index >= 15 is 0 Å².